The van der Waals surface area contributed by atoms with Crippen molar-refractivity contribution in [2.45, 2.75) is 12.8 Å². The van der Waals surface area contributed by atoms with Crippen LogP contribution in [0.3, 0.4) is 0 Å². The summed E-state index contributed by atoms with van der Waals surface area (Å²) in [6.45, 7) is 0. The lowest BCUT2D eigenvalue weighted by Gasteiger charge is -2.11. The summed E-state index contributed by atoms with van der Waals surface area (Å²) >= 11 is 0. The van der Waals surface area contributed by atoms with Crippen molar-refractivity contribution < 1.29 is 4.42 Å². The fourth-order valence-electron chi connectivity index (χ4n) is 9.81. The zero-order chi connectivity index (χ0) is 41.4. The van der Waals surface area contributed by atoms with Gasteiger partial charge in [0.1, 0.15) is 11.1 Å². The van der Waals surface area contributed by atoms with Gasteiger partial charge in [0, 0.05) is 43.7 Å². The average Bonchev–Trinajstić information content (AvgIpc) is 4.02. The largest absolute Gasteiger partial charge is 0.450 e. The van der Waals surface area contributed by atoms with Crippen LogP contribution in [0.1, 0.15) is 18.4 Å². The quantitative estimate of drug-likeness (QED) is 0.168. The van der Waals surface area contributed by atoms with Gasteiger partial charge in [-0.05, 0) is 101 Å². The van der Waals surface area contributed by atoms with Gasteiger partial charge in [0.25, 0.3) is 0 Å². The normalized spacial score (nSPS) is 13.0. The maximum absolute atomic E-state index is 7.14. The second-order valence-corrected chi connectivity index (χ2v) is 16.4. The minimum Gasteiger partial charge on any atom is -0.450 e. The summed E-state index contributed by atoms with van der Waals surface area (Å²) in [6.07, 6.45) is 8.91. The first-order valence-corrected chi connectivity index (χ1v) is 21.6. The SMILES string of the molecule is C1=CC(c2cc(-c3ccccc3)c3oc4c(-n5c6ccccc6c6cc(-c7ccc8c(c7)c7ccccc7n8-c7ccccc7)ccc65)nc(-c5ccccc5)nc4c3c2)=CCC1. The van der Waals surface area contributed by atoms with Gasteiger partial charge in [-0.25, -0.2) is 9.97 Å². The van der Waals surface area contributed by atoms with Gasteiger partial charge in [-0.3, -0.25) is 4.57 Å². The molecule has 0 unspecified atom stereocenters. The average molecular weight is 807 g/mol. The number of nitrogens with zero attached hydrogens (tertiary/aromatic N) is 4. The number of para-hydroxylation sites is 3. The summed E-state index contributed by atoms with van der Waals surface area (Å²) in [4.78, 5) is 10.8. The molecule has 63 heavy (non-hydrogen) atoms. The molecule has 0 bridgehead atoms. The Morgan fingerprint density at radius 1 is 0.413 bits per heavy atom. The molecule has 5 heteroatoms. The predicted molar refractivity (Wildman–Crippen MR) is 261 cm³/mol. The highest BCUT2D eigenvalue weighted by Gasteiger charge is 2.25. The van der Waals surface area contributed by atoms with Crippen molar-refractivity contribution in [3.63, 3.8) is 0 Å². The molecule has 1 aliphatic carbocycles. The molecule has 0 amide bonds. The van der Waals surface area contributed by atoms with Crippen LogP contribution in [-0.4, -0.2) is 19.1 Å². The third-order valence-electron chi connectivity index (χ3n) is 12.7. The molecule has 1 aliphatic rings. The van der Waals surface area contributed by atoms with Crippen LogP contribution in [0.15, 0.2) is 211 Å². The van der Waals surface area contributed by atoms with Crippen molar-refractivity contribution >= 4 is 71.3 Å². The number of allylic oxidation sites excluding steroid dienone is 4. The van der Waals surface area contributed by atoms with Crippen molar-refractivity contribution in [2.24, 2.45) is 0 Å². The second kappa shape index (κ2) is 14.2. The topological polar surface area (TPSA) is 48.8 Å². The third kappa shape index (κ3) is 5.63. The Morgan fingerprint density at radius 3 is 1.65 bits per heavy atom. The van der Waals surface area contributed by atoms with Gasteiger partial charge in [-0.1, -0.05) is 146 Å². The van der Waals surface area contributed by atoms with E-state index in [-0.39, 0.29) is 0 Å². The van der Waals surface area contributed by atoms with E-state index >= 15 is 0 Å². The summed E-state index contributed by atoms with van der Waals surface area (Å²) in [7, 11) is 0. The van der Waals surface area contributed by atoms with Crippen LogP contribution in [0.5, 0.6) is 0 Å². The smallest absolute Gasteiger partial charge is 0.197 e. The Balaban J connectivity index is 1.06. The Kier molecular flexibility index (Phi) is 7.97. The lowest BCUT2D eigenvalue weighted by molar-refractivity contribution is 0.663. The van der Waals surface area contributed by atoms with Crippen molar-refractivity contribution in [1.82, 2.24) is 19.1 Å². The Bertz CT molecular complexity index is 3830. The van der Waals surface area contributed by atoms with E-state index in [4.69, 9.17) is 14.4 Å². The second-order valence-electron chi connectivity index (χ2n) is 16.4. The molecule has 0 radical (unpaired) electrons. The lowest BCUT2D eigenvalue weighted by Crippen LogP contribution is -2.01. The van der Waals surface area contributed by atoms with Gasteiger partial charge in [-0.15, -0.1) is 0 Å². The van der Waals surface area contributed by atoms with E-state index in [9.17, 15) is 0 Å². The summed E-state index contributed by atoms with van der Waals surface area (Å²) in [5.74, 6) is 1.36. The van der Waals surface area contributed by atoms with E-state index in [1.165, 1.54) is 27.4 Å². The van der Waals surface area contributed by atoms with Gasteiger partial charge in [-0.2, -0.15) is 0 Å². The molecule has 0 fully saturated rings. The Labute approximate surface area is 363 Å². The van der Waals surface area contributed by atoms with Crippen LogP contribution in [-0.2, 0) is 0 Å². The number of furan rings is 1. The van der Waals surface area contributed by atoms with Gasteiger partial charge in [0.2, 0.25) is 0 Å². The van der Waals surface area contributed by atoms with E-state index in [2.05, 4.69) is 197 Å². The molecule has 0 atom stereocenters. The fourth-order valence-corrected chi connectivity index (χ4v) is 9.81. The number of benzene rings is 8. The number of aromatic nitrogens is 4. The molecule has 4 aromatic heterocycles. The monoisotopic (exact) mass is 806 g/mol. The zero-order valence-electron chi connectivity index (χ0n) is 34.2. The Morgan fingerprint density at radius 2 is 0.984 bits per heavy atom. The number of rotatable bonds is 6. The van der Waals surface area contributed by atoms with E-state index in [0.29, 0.717) is 17.2 Å². The predicted octanol–water partition coefficient (Wildman–Crippen LogP) is 15.3. The highest BCUT2D eigenvalue weighted by Crippen LogP contribution is 2.43. The molecule has 296 valence electrons. The summed E-state index contributed by atoms with van der Waals surface area (Å²) in [5.41, 5.74) is 15.6. The molecule has 4 heterocycles. The van der Waals surface area contributed by atoms with Gasteiger partial charge >= 0.3 is 0 Å². The molecule has 13 rings (SSSR count). The Hall–Kier alpha value is -8.28. The maximum Gasteiger partial charge on any atom is 0.197 e. The van der Waals surface area contributed by atoms with Gasteiger partial charge < -0.3 is 8.98 Å². The van der Waals surface area contributed by atoms with E-state index in [0.717, 1.165) is 90.2 Å². The summed E-state index contributed by atoms with van der Waals surface area (Å²) in [5, 5.41) is 5.71. The first kappa shape index (κ1) is 35.5. The van der Waals surface area contributed by atoms with Crippen LogP contribution >= 0.6 is 0 Å². The minimum absolute atomic E-state index is 0.648. The van der Waals surface area contributed by atoms with Crippen LogP contribution in [0.25, 0.3) is 116 Å². The molecule has 5 nitrogen and oxygen atoms in total. The zero-order valence-corrected chi connectivity index (χ0v) is 34.2. The standard InChI is InChI=1S/C58H38N4O/c1-5-17-37(18-6-1)42-35-46(38-19-7-2-8-20-38)55-49(36-42)54-56(63-55)58(60-57(59-54)39-21-9-3-10-22-39)62-51-28-16-14-26-45(51)48-34-41(30-32-53(48)62)40-29-31-52-47(33-40)44-25-13-15-27-50(44)61(52)43-23-11-4-12-24-43/h2-5,7-36H,1,6H2. The lowest BCUT2D eigenvalue weighted by atomic mass is 9.94. The molecule has 12 aromatic rings. The van der Waals surface area contributed by atoms with E-state index < -0.39 is 0 Å². The van der Waals surface area contributed by atoms with Gasteiger partial charge in [0.15, 0.2) is 17.2 Å². The number of fused-ring (bicyclic) bond motifs is 9. The van der Waals surface area contributed by atoms with Gasteiger partial charge in [0.05, 0.1) is 22.1 Å². The fraction of sp³-hybridized carbons (Fsp3) is 0.0345. The molecular formula is C58H38N4O. The highest BCUT2D eigenvalue weighted by atomic mass is 16.3. The van der Waals surface area contributed by atoms with Crippen LogP contribution in [0.2, 0.25) is 0 Å². The molecule has 0 spiro atoms. The number of hydrogen-bond donors (Lipinski definition) is 0. The molecule has 0 saturated heterocycles. The van der Waals surface area contributed by atoms with Crippen molar-refractivity contribution in [3.05, 3.63) is 212 Å². The molecule has 8 aromatic carbocycles. The summed E-state index contributed by atoms with van der Waals surface area (Å²) < 4.78 is 11.8. The maximum atomic E-state index is 7.14. The number of hydrogen-bond acceptors (Lipinski definition) is 3. The third-order valence-corrected chi connectivity index (χ3v) is 12.7. The molecule has 0 N–H and O–H groups in total. The van der Waals surface area contributed by atoms with Crippen LogP contribution in [0.4, 0.5) is 0 Å². The van der Waals surface area contributed by atoms with Crippen LogP contribution < -0.4 is 0 Å². The molecule has 0 saturated carbocycles. The van der Waals surface area contributed by atoms with E-state index in [1.807, 2.05) is 18.2 Å². The van der Waals surface area contributed by atoms with Crippen molar-refractivity contribution in [2.75, 3.05) is 0 Å². The van der Waals surface area contributed by atoms with Crippen molar-refractivity contribution in [3.8, 4) is 45.1 Å². The molecule has 0 aliphatic heterocycles. The summed E-state index contributed by atoms with van der Waals surface area (Å²) in [6, 6.07) is 67.0. The van der Waals surface area contributed by atoms with Crippen molar-refractivity contribution in [1.29, 1.82) is 0 Å². The first-order chi connectivity index (χ1) is 31.2. The highest BCUT2D eigenvalue weighted by molar-refractivity contribution is 6.15. The van der Waals surface area contributed by atoms with Crippen LogP contribution in [0, 0.1) is 0 Å². The minimum atomic E-state index is 0.648. The first-order valence-electron chi connectivity index (χ1n) is 21.6. The molecular weight excluding hydrogens is 769 g/mol. The van der Waals surface area contributed by atoms with E-state index in [1.54, 1.807) is 0 Å².